The number of anilines is 1. The number of aromatic amines is 1. The molecule has 0 aliphatic carbocycles. The third-order valence-electron chi connectivity index (χ3n) is 2.57. The molecule has 0 radical (unpaired) electrons. The normalized spacial score (nSPS) is 10.6. The Hall–Kier alpha value is -2.57. The quantitative estimate of drug-likeness (QED) is 0.625. The van der Waals surface area contributed by atoms with Crippen LogP contribution < -0.4 is 10.1 Å². The monoisotopic (exact) mass is 276 g/mol. The minimum absolute atomic E-state index is 0.0549. The molecule has 0 spiro atoms. The highest BCUT2D eigenvalue weighted by Gasteiger charge is 2.21. The van der Waals surface area contributed by atoms with Crippen LogP contribution in [0.5, 0.6) is 5.75 Å². The molecule has 1 aromatic carbocycles. The Labute approximate surface area is 116 Å². The van der Waals surface area contributed by atoms with Crippen molar-refractivity contribution in [2.45, 2.75) is 26.5 Å². The van der Waals surface area contributed by atoms with Crippen LogP contribution in [0.15, 0.2) is 30.7 Å². The third-order valence-corrected chi connectivity index (χ3v) is 2.57. The summed E-state index contributed by atoms with van der Waals surface area (Å²) >= 11 is 0. The second-order valence-electron chi connectivity index (χ2n) is 4.51. The van der Waals surface area contributed by atoms with E-state index in [1.54, 1.807) is 30.7 Å². The topological polar surface area (TPSA) is 93.1 Å². The Morgan fingerprint density at radius 2 is 2.30 bits per heavy atom. The standard InChI is InChI=1S/C13H16N4O3/c1-9(2)20-12-5-3-4-11(13(12)17(18)19)15-7-10-6-14-8-16-10/h3-6,8-9,15H,7H2,1-2H3,(H,14,16). The molecule has 0 aliphatic rings. The zero-order valence-electron chi connectivity index (χ0n) is 11.3. The van der Waals surface area contributed by atoms with E-state index < -0.39 is 4.92 Å². The number of nitrogens with zero attached hydrogens (tertiary/aromatic N) is 2. The van der Waals surface area contributed by atoms with E-state index in [1.807, 2.05) is 13.8 Å². The van der Waals surface area contributed by atoms with Crippen molar-refractivity contribution in [3.05, 3.63) is 46.5 Å². The maximum atomic E-state index is 11.3. The lowest BCUT2D eigenvalue weighted by Gasteiger charge is -2.12. The van der Waals surface area contributed by atoms with Crippen molar-refractivity contribution in [2.75, 3.05) is 5.32 Å². The number of nitrogens with one attached hydrogen (secondary N) is 2. The molecule has 7 nitrogen and oxygen atoms in total. The number of rotatable bonds is 6. The van der Waals surface area contributed by atoms with Crippen molar-refractivity contribution in [2.24, 2.45) is 0 Å². The maximum absolute atomic E-state index is 11.3. The minimum Gasteiger partial charge on any atom is -0.484 e. The molecular weight excluding hydrogens is 260 g/mol. The van der Waals surface area contributed by atoms with E-state index in [1.165, 1.54) is 0 Å². The lowest BCUT2D eigenvalue weighted by atomic mass is 10.2. The SMILES string of the molecule is CC(C)Oc1cccc(NCc2cnc[nH]2)c1[N+](=O)[O-]. The van der Waals surface area contributed by atoms with Crippen LogP contribution in [0.3, 0.4) is 0 Å². The summed E-state index contributed by atoms with van der Waals surface area (Å²) in [6, 6.07) is 4.97. The van der Waals surface area contributed by atoms with Crippen LogP contribution in [0.1, 0.15) is 19.5 Å². The predicted octanol–water partition coefficient (Wildman–Crippen LogP) is 2.72. The summed E-state index contributed by atoms with van der Waals surface area (Å²) in [5, 5.41) is 14.3. The molecule has 2 N–H and O–H groups in total. The van der Waals surface area contributed by atoms with E-state index in [-0.39, 0.29) is 17.5 Å². The van der Waals surface area contributed by atoms with Crippen LogP contribution in [-0.4, -0.2) is 21.0 Å². The van der Waals surface area contributed by atoms with Gasteiger partial charge in [-0.25, -0.2) is 4.98 Å². The number of para-hydroxylation sites is 1. The van der Waals surface area contributed by atoms with Gasteiger partial charge in [0.2, 0.25) is 0 Å². The van der Waals surface area contributed by atoms with Gasteiger partial charge in [0.15, 0.2) is 5.75 Å². The molecule has 0 fully saturated rings. The molecule has 0 unspecified atom stereocenters. The Bertz CT molecular complexity index is 581. The van der Waals surface area contributed by atoms with Crippen molar-refractivity contribution in [3.8, 4) is 5.75 Å². The van der Waals surface area contributed by atoms with Gasteiger partial charge < -0.3 is 15.0 Å². The predicted molar refractivity (Wildman–Crippen MR) is 74.8 cm³/mol. The molecule has 0 amide bonds. The maximum Gasteiger partial charge on any atom is 0.333 e. The molecule has 0 atom stereocenters. The lowest BCUT2D eigenvalue weighted by molar-refractivity contribution is -0.385. The number of imidazole rings is 1. The fraction of sp³-hybridized carbons (Fsp3) is 0.308. The van der Waals surface area contributed by atoms with Crippen molar-refractivity contribution < 1.29 is 9.66 Å². The van der Waals surface area contributed by atoms with Gasteiger partial charge in [-0.3, -0.25) is 10.1 Å². The Morgan fingerprint density at radius 1 is 1.50 bits per heavy atom. The van der Waals surface area contributed by atoms with Gasteiger partial charge in [0.25, 0.3) is 0 Å². The van der Waals surface area contributed by atoms with E-state index in [0.29, 0.717) is 12.2 Å². The smallest absolute Gasteiger partial charge is 0.333 e. The summed E-state index contributed by atoms with van der Waals surface area (Å²) in [6.07, 6.45) is 3.09. The minimum atomic E-state index is -0.437. The first-order chi connectivity index (χ1) is 9.58. The van der Waals surface area contributed by atoms with Crippen LogP contribution in [0.25, 0.3) is 0 Å². The molecule has 7 heteroatoms. The Balaban J connectivity index is 2.24. The molecule has 0 aliphatic heterocycles. The largest absolute Gasteiger partial charge is 0.484 e. The van der Waals surface area contributed by atoms with Crippen molar-refractivity contribution in [1.29, 1.82) is 0 Å². The van der Waals surface area contributed by atoms with Gasteiger partial charge in [0, 0.05) is 6.20 Å². The summed E-state index contributed by atoms with van der Waals surface area (Å²) in [5.41, 5.74) is 1.21. The second kappa shape index (κ2) is 6.05. The summed E-state index contributed by atoms with van der Waals surface area (Å²) in [5.74, 6) is 0.264. The fourth-order valence-corrected chi connectivity index (χ4v) is 1.77. The zero-order chi connectivity index (χ0) is 14.5. The number of H-pyrrole nitrogens is 1. The number of nitro groups is 1. The Morgan fingerprint density at radius 3 is 2.90 bits per heavy atom. The van der Waals surface area contributed by atoms with Crippen molar-refractivity contribution in [3.63, 3.8) is 0 Å². The summed E-state index contributed by atoms with van der Waals surface area (Å²) in [6.45, 7) is 4.08. The van der Waals surface area contributed by atoms with Crippen molar-refractivity contribution in [1.82, 2.24) is 9.97 Å². The van der Waals surface area contributed by atoms with Gasteiger partial charge >= 0.3 is 5.69 Å². The van der Waals surface area contributed by atoms with E-state index in [4.69, 9.17) is 4.74 Å². The summed E-state index contributed by atoms with van der Waals surface area (Å²) in [7, 11) is 0. The molecule has 106 valence electrons. The molecule has 1 aromatic heterocycles. The number of benzene rings is 1. The van der Waals surface area contributed by atoms with Crippen LogP contribution in [-0.2, 0) is 6.54 Å². The average Bonchev–Trinajstić information content (AvgIpc) is 2.88. The molecular formula is C13H16N4O3. The van der Waals surface area contributed by atoms with Crippen LogP contribution in [0.2, 0.25) is 0 Å². The number of ether oxygens (including phenoxy) is 1. The van der Waals surface area contributed by atoms with Gasteiger partial charge in [-0.1, -0.05) is 6.07 Å². The molecule has 0 saturated carbocycles. The number of hydrogen-bond donors (Lipinski definition) is 2. The zero-order valence-corrected chi connectivity index (χ0v) is 11.3. The third kappa shape index (κ3) is 3.25. The van der Waals surface area contributed by atoms with Crippen LogP contribution in [0.4, 0.5) is 11.4 Å². The summed E-state index contributed by atoms with van der Waals surface area (Å²) < 4.78 is 5.48. The highest BCUT2D eigenvalue weighted by molar-refractivity contribution is 5.68. The molecule has 0 bridgehead atoms. The Kier molecular flexibility index (Phi) is 4.19. The van der Waals surface area contributed by atoms with Gasteiger partial charge in [0.05, 0.1) is 29.6 Å². The molecule has 1 heterocycles. The average molecular weight is 276 g/mol. The van der Waals surface area contributed by atoms with Crippen molar-refractivity contribution >= 4 is 11.4 Å². The van der Waals surface area contributed by atoms with Gasteiger partial charge in [0.1, 0.15) is 5.69 Å². The van der Waals surface area contributed by atoms with E-state index in [2.05, 4.69) is 15.3 Å². The fourth-order valence-electron chi connectivity index (χ4n) is 1.77. The first-order valence-electron chi connectivity index (χ1n) is 6.23. The molecule has 0 saturated heterocycles. The highest BCUT2D eigenvalue weighted by atomic mass is 16.6. The van der Waals surface area contributed by atoms with E-state index in [9.17, 15) is 10.1 Å². The number of hydrogen-bond acceptors (Lipinski definition) is 5. The number of aromatic nitrogens is 2. The first kappa shape index (κ1) is 13.9. The number of nitro benzene ring substituents is 1. The van der Waals surface area contributed by atoms with E-state index >= 15 is 0 Å². The second-order valence-corrected chi connectivity index (χ2v) is 4.51. The first-order valence-corrected chi connectivity index (χ1v) is 6.23. The summed E-state index contributed by atoms with van der Waals surface area (Å²) in [4.78, 5) is 17.6. The van der Waals surface area contributed by atoms with Crippen LogP contribution in [0, 0.1) is 10.1 Å². The molecule has 2 aromatic rings. The molecule has 20 heavy (non-hydrogen) atoms. The van der Waals surface area contributed by atoms with Crippen LogP contribution >= 0.6 is 0 Å². The van der Waals surface area contributed by atoms with Gasteiger partial charge in [-0.15, -0.1) is 0 Å². The van der Waals surface area contributed by atoms with Gasteiger partial charge in [-0.05, 0) is 26.0 Å². The molecule has 2 rings (SSSR count). The van der Waals surface area contributed by atoms with E-state index in [0.717, 1.165) is 5.69 Å². The lowest BCUT2D eigenvalue weighted by Crippen LogP contribution is -2.09. The highest BCUT2D eigenvalue weighted by Crippen LogP contribution is 2.35. The van der Waals surface area contributed by atoms with Gasteiger partial charge in [-0.2, -0.15) is 0 Å².